The van der Waals surface area contributed by atoms with Crippen LogP contribution in [0.15, 0.2) is 64.2 Å². The second-order valence-electron chi connectivity index (χ2n) is 6.59. The van der Waals surface area contributed by atoms with E-state index in [0.29, 0.717) is 26.6 Å². The standard InChI is InChI=1S/C21H15Cl2N3O3S/c1-12-9-15-19(28)26(14-5-3-2-4-6-14)21(29)25(20(15)30-12)11-18(27)24-17-8-7-13(22)10-16(17)23/h2-10H,11H2,1H3,(H,24,27). The van der Waals surface area contributed by atoms with Crippen LogP contribution in [0.4, 0.5) is 5.69 Å². The largest absolute Gasteiger partial charge is 0.337 e. The first-order valence-corrected chi connectivity index (χ1v) is 10.5. The number of aromatic nitrogens is 2. The third-order valence-electron chi connectivity index (χ3n) is 4.46. The van der Waals surface area contributed by atoms with Gasteiger partial charge in [0.15, 0.2) is 0 Å². The molecule has 152 valence electrons. The van der Waals surface area contributed by atoms with E-state index in [-0.39, 0.29) is 11.6 Å². The van der Waals surface area contributed by atoms with Crippen LogP contribution >= 0.6 is 34.5 Å². The smallest absolute Gasteiger partial charge is 0.323 e. The van der Waals surface area contributed by atoms with Gasteiger partial charge in [0.05, 0.1) is 21.8 Å². The number of amides is 1. The molecule has 0 spiro atoms. The van der Waals surface area contributed by atoms with Crippen molar-refractivity contribution in [2.45, 2.75) is 13.5 Å². The topological polar surface area (TPSA) is 73.1 Å². The molecule has 0 fully saturated rings. The molecule has 0 aliphatic heterocycles. The molecule has 30 heavy (non-hydrogen) atoms. The van der Waals surface area contributed by atoms with Gasteiger partial charge in [0.2, 0.25) is 5.91 Å². The summed E-state index contributed by atoms with van der Waals surface area (Å²) in [6.45, 7) is 1.57. The summed E-state index contributed by atoms with van der Waals surface area (Å²) in [6.07, 6.45) is 0. The normalized spacial score (nSPS) is 11.0. The molecule has 0 aliphatic rings. The highest BCUT2D eigenvalue weighted by atomic mass is 35.5. The summed E-state index contributed by atoms with van der Waals surface area (Å²) >= 11 is 13.3. The van der Waals surface area contributed by atoms with Crippen molar-refractivity contribution in [3.63, 3.8) is 0 Å². The van der Waals surface area contributed by atoms with Gasteiger partial charge in [-0.25, -0.2) is 9.36 Å². The maximum Gasteiger partial charge on any atom is 0.337 e. The number of nitrogens with one attached hydrogen (secondary N) is 1. The van der Waals surface area contributed by atoms with E-state index < -0.39 is 17.2 Å². The molecule has 0 unspecified atom stereocenters. The fourth-order valence-electron chi connectivity index (χ4n) is 3.14. The highest BCUT2D eigenvalue weighted by molar-refractivity contribution is 7.18. The van der Waals surface area contributed by atoms with Crippen molar-refractivity contribution in [2.75, 3.05) is 5.32 Å². The van der Waals surface area contributed by atoms with Crippen molar-refractivity contribution in [1.29, 1.82) is 0 Å². The van der Waals surface area contributed by atoms with Gasteiger partial charge in [-0.3, -0.25) is 14.2 Å². The van der Waals surface area contributed by atoms with Gasteiger partial charge in [-0.05, 0) is 43.3 Å². The number of rotatable bonds is 4. The van der Waals surface area contributed by atoms with Crippen molar-refractivity contribution in [1.82, 2.24) is 9.13 Å². The first-order valence-electron chi connectivity index (χ1n) is 8.91. The fourth-order valence-corrected chi connectivity index (χ4v) is 4.59. The lowest BCUT2D eigenvalue weighted by Gasteiger charge is -2.13. The Morgan fingerprint density at radius 3 is 2.50 bits per heavy atom. The molecular weight excluding hydrogens is 445 g/mol. The lowest BCUT2D eigenvalue weighted by atomic mass is 10.3. The zero-order chi connectivity index (χ0) is 21.4. The molecule has 0 saturated carbocycles. The monoisotopic (exact) mass is 459 g/mol. The maximum absolute atomic E-state index is 13.2. The molecule has 4 aromatic rings. The molecule has 1 N–H and O–H groups in total. The molecule has 6 nitrogen and oxygen atoms in total. The number of hydrogen-bond donors (Lipinski definition) is 1. The molecular formula is C21H15Cl2N3O3S. The number of fused-ring (bicyclic) bond motifs is 1. The number of thiophene rings is 1. The van der Waals surface area contributed by atoms with Crippen LogP contribution in [0, 0.1) is 6.92 Å². The van der Waals surface area contributed by atoms with Crippen molar-refractivity contribution in [3.8, 4) is 5.69 Å². The van der Waals surface area contributed by atoms with Crippen LogP contribution in [-0.2, 0) is 11.3 Å². The molecule has 0 aliphatic carbocycles. The Hall–Kier alpha value is -2.87. The van der Waals surface area contributed by atoms with Gasteiger partial charge in [-0.2, -0.15) is 0 Å². The van der Waals surface area contributed by atoms with Crippen LogP contribution in [0.1, 0.15) is 4.88 Å². The van der Waals surface area contributed by atoms with E-state index in [2.05, 4.69) is 5.32 Å². The Bertz CT molecular complexity index is 1390. The minimum absolute atomic E-state index is 0.276. The first-order chi connectivity index (χ1) is 14.3. The predicted molar refractivity (Wildman–Crippen MR) is 122 cm³/mol. The molecule has 0 atom stereocenters. The van der Waals surface area contributed by atoms with Gasteiger partial charge in [-0.15, -0.1) is 11.3 Å². The van der Waals surface area contributed by atoms with E-state index in [1.165, 1.54) is 22.0 Å². The predicted octanol–water partition coefficient (Wildman–Crippen LogP) is 4.47. The van der Waals surface area contributed by atoms with Gasteiger partial charge < -0.3 is 5.32 Å². The third kappa shape index (κ3) is 3.79. The minimum atomic E-state index is -0.585. The Morgan fingerprint density at radius 2 is 1.80 bits per heavy atom. The minimum Gasteiger partial charge on any atom is -0.323 e. The van der Waals surface area contributed by atoms with Crippen molar-refractivity contribution in [2.24, 2.45) is 0 Å². The average molecular weight is 460 g/mol. The third-order valence-corrected chi connectivity index (χ3v) is 6.08. The molecule has 0 bridgehead atoms. The number of benzene rings is 2. The number of para-hydroxylation sites is 1. The number of anilines is 1. The van der Waals surface area contributed by atoms with Crippen molar-refractivity contribution >= 4 is 56.3 Å². The fraction of sp³-hybridized carbons (Fsp3) is 0.0952. The van der Waals surface area contributed by atoms with Gasteiger partial charge in [0.25, 0.3) is 5.56 Å². The SMILES string of the molecule is Cc1cc2c(=O)n(-c3ccccc3)c(=O)n(CC(=O)Nc3ccc(Cl)cc3Cl)c2s1. The Labute approximate surface area is 184 Å². The van der Waals surface area contributed by atoms with Gasteiger partial charge >= 0.3 is 5.69 Å². The summed E-state index contributed by atoms with van der Waals surface area (Å²) in [4.78, 5) is 40.2. The maximum atomic E-state index is 13.2. The van der Waals surface area contributed by atoms with E-state index in [9.17, 15) is 14.4 Å². The van der Waals surface area contributed by atoms with E-state index in [4.69, 9.17) is 23.2 Å². The number of hydrogen-bond acceptors (Lipinski definition) is 4. The van der Waals surface area contributed by atoms with Crippen LogP contribution in [-0.4, -0.2) is 15.0 Å². The van der Waals surface area contributed by atoms with E-state index in [1.54, 1.807) is 48.5 Å². The number of nitrogens with zero attached hydrogens (tertiary/aromatic N) is 2. The van der Waals surface area contributed by atoms with Crippen LogP contribution in [0.5, 0.6) is 0 Å². The lowest BCUT2D eigenvalue weighted by molar-refractivity contribution is -0.116. The summed E-state index contributed by atoms with van der Waals surface area (Å²) in [6, 6.07) is 15.1. The Kier molecular flexibility index (Phi) is 5.51. The molecule has 4 rings (SSSR count). The lowest BCUT2D eigenvalue weighted by Crippen LogP contribution is -2.40. The molecule has 0 radical (unpaired) electrons. The summed E-state index contributed by atoms with van der Waals surface area (Å²) in [5.41, 5.74) is -0.178. The van der Waals surface area contributed by atoms with Gasteiger partial charge in [0.1, 0.15) is 11.4 Å². The molecule has 2 aromatic heterocycles. The second-order valence-corrected chi connectivity index (χ2v) is 8.67. The van der Waals surface area contributed by atoms with Crippen molar-refractivity contribution in [3.05, 3.63) is 90.4 Å². The van der Waals surface area contributed by atoms with E-state index in [1.807, 2.05) is 6.92 Å². The van der Waals surface area contributed by atoms with E-state index >= 15 is 0 Å². The van der Waals surface area contributed by atoms with Crippen LogP contribution in [0.3, 0.4) is 0 Å². The summed E-state index contributed by atoms with van der Waals surface area (Å²) in [5, 5.41) is 3.80. The second kappa shape index (κ2) is 8.10. The number of halogens is 2. The number of carbonyl (C=O) groups is 1. The average Bonchev–Trinajstić information content (AvgIpc) is 3.10. The Balaban J connectivity index is 1.81. The quantitative estimate of drug-likeness (QED) is 0.489. The summed E-state index contributed by atoms with van der Waals surface area (Å²) < 4.78 is 2.39. The van der Waals surface area contributed by atoms with Gasteiger partial charge in [-0.1, -0.05) is 41.4 Å². The van der Waals surface area contributed by atoms with Gasteiger partial charge in [0, 0.05) is 9.90 Å². The molecule has 2 heterocycles. The molecule has 1 amide bonds. The molecule has 2 aromatic carbocycles. The van der Waals surface area contributed by atoms with Crippen LogP contribution < -0.4 is 16.6 Å². The molecule has 9 heteroatoms. The number of aryl methyl sites for hydroxylation is 1. The number of carbonyl (C=O) groups excluding carboxylic acids is 1. The first kappa shape index (κ1) is 20.4. The molecule has 0 saturated heterocycles. The summed E-state index contributed by atoms with van der Waals surface area (Å²) in [7, 11) is 0. The highest BCUT2D eigenvalue weighted by Crippen LogP contribution is 2.26. The zero-order valence-corrected chi connectivity index (χ0v) is 18.0. The van der Waals surface area contributed by atoms with Crippen molar-refractivity contribution < 1.29 is 4.79 Å². The van der Waals surface area contributed by atoms with Crippen LogP contribution in [0.2, 0.25) is 10.0 Å². The zero-order valence-electron chi connectivity index (χ0n) is 15.7. The highest BCUT2D eigenvalue weighted by Gasteiger charge is 2.19. The van der Waals surface area contributed by atoms with E-state index in [0.717, 1.165) is 9.44 Å². The Morgan fingerprint density at radius 1 is 1.07 bits per heavy atom. The summed E-state index contributed by atoms with van der Waals surface area (Å²) in [5.74, 6) is -0.452. The van der Waals surface area contributed by atoms with Crippen LogP contribution in [0.25, 0.3) is 15.9 Å².